The highest BCUT2D eigenvalue weighted by Crippen LogP contribution is 2.23. The number of aromatic nitrogens is 1. The van der Waals surface area contributed by atoms with Crippen LogP contribution in [0.5, 0.6) is 5.75 Å². The van der Waals surface area contributed by atoms with Gasteiger partial charge in [-0.3, -0.25) is 14.6 Å². The van der Waals surface area contributed by atoms with Crippen LogP contribution in [-0.4, -0.2) is 64.4 Å². The van der Waals surface area contributed by atoms with E-state index in [-0.39, 0.29) is 12.2 Å². The number of carbonyl (C=O) groups excluding carboxylic acids is 3. The molecule has 0 aliphatic rings. The number of nitrogens with zero attached hydrogens (tertiary/aromatic N) is 1. The number of aliphatic hydroxyl groups excluding tert-OH is 1. The van der Waals surface area contributed by atoms with Gasteiger partial charge in [0.25, 0.3) is 5.91 Å². The molecule has 0 fully saturated rings. The maximum absolute atomic E-state index is 13.8. The zero-order chi connectivity index (χ0) is 35.6. The summed E-state index contributed by atoms with van der Waals surface area (Å²) in [5, 5.41) is 30.7. The third-order valence-electron chi connectivity index (χ3n) is 8.47. The molecule has 0 radical (unpaired) electrons. The molecule has 5 N–H and O–H groups in total. The maximum Gasteiger partial charge on any atom is 0.407 e. The Morgan fingerprint density at radius 2 is 1.49 bits per heavy atom. The van der Waals surface area contributed by atoms with Crippen molar-refractivity contribution >= 4 is 17.9 Å². The van der Waals surface area contributed by atoms with Crippen molar-refractivity contribution in [2.75, 3.05) is 7.11 Å². The molecule has 258 valence electrons. The molecule has 4 rings (SSSR count). The minimum absolute atomic E-state index is 0.00128. The number of pyridine rings is 1. The standard InChI is InChI=1S/C39H46N4O6/c1-25-30(14-11-16-33(25)44)36(46)42-32(23-26-12-7-6-8-13-26)34(45)24-29(41-37(47)35(39(2,3)4)43-38(48)49-5)22-27-17-19-28(20-18-27)31-15-9-10-21-40-31/h6-21,29,32,34-35,44-45H,22-24H2,1-5H3,(H,41,47)(H,42,46)(H,43,48)/t29-,32-,34-,35+/m0/s1. The van der Waals surface area contributed by atoms with Crippen LogP contribution in [0.1, 0.15) is 54.2 Å². The number of methoxy groups -OCH3 is 1. The van der Waals surface area contributed by atoms with Crippen LogP contribution in [0.2, 0.25) is 0 Å². The number of amides is 3. The third-order valence-corrected chi connectivity index (χ3v) is 8.47. The molecular weight excluding hydrogens is 620 g/mol. The van der Waals surface area contributed by atoms with Crippen molar-refractivity contribution in [2.24, 2.45) is 5.41 Å². The Morgan fingerprint density at radius 3 is 2.12 bits per heavy atom. The van der Waals surface area contributed by atoms with E-state index in [2.05, 4.69) is 20.9 Å². The Labute approximate surface area is 287 Å². The number of hydrogen-bond donors (Lipinski definition) is 5. The van der Waals surface area contributed by atoms with E-state index in [1.54, 1.807) is 25.3 Å². The lowest BCUT2D eigenvalue weighted by atomic mass is 9.85. The molecule has 0 unspecified atom stereocenters. The van der Waals surface area contributed by atoms with Crippen LogP contribution in [0.15, 0.2) is 97.2 Å². The quantitative estimate of drug-likeness (QED) is 0.129. The summed E-state index contributed by atoms with van der Waals surface area (Å²) >= 11 is 0. The Bertz CT molecular complexity index is 1690. The molecule has 4 atom stereocenters. The van der Waals surface area contributed by atoms with Gasteiger partial charge in [-0.2, -0.15) is 0 Å². The van der Waals surface area contributed by atoms with Crippen LogP contribution in [0.3, 0.4) is 0 Å². The van der Waals surface area contributed by atoms with Crippen molar-refractivity contribution in [1.82, 2.24) is 20.9 Å². The van der Waals surface area contributed by atoms with Crippen LogP contribution >= 0.6 is 0 Å². The van der Waals surface area contributed by atoms with Gasteiger partial charge in [0, 0.05) is 28.9 Å². The molecule has 10 nitrogen and oxygen atoms in total. The van der Waals surface area contributed by atoms with Crippen molar-refractivity contribution in [2.45, 2.75) is 71.2 Å². The van der Waals surface area contributed by atoms with Gasteiger partial charge in [0.05, 0.1) is 24.9 Å². The van der Waals surface area contributed by atoms with Gasteiger partial charge in [-0.05, 0) is 67.0 Å². The summed E-state index contributed by atoms with van der Waals surface area (Å²) in [5.74, 6) is -0.869. The van der Waals surface area contributed by atoms with Gasteiger partial charge in [-0.25, -0.2) is 4.79 Å². The molecule has 4 aromatic rings. The Kier molecular flexibility index (Phi) is 12.5. The fraction of sp³-hybridized carbons (Fsp3) is 0.333. The molecule has 10 heteroatoms. The van der Waals surface area contributed by atoms with Crippen LogP contribution in [0.25, 0.3) is 11.3 Å². The molecular formula is C39H46N4O6. The van der Waals surface area contributed by atoms with E-state index in [1.165, 1.54) is 13.2 Å². The highest BCUT2D eigenvalue weighted by atomic mass is 16.5. The SMILES string of the molecule is COC(=O)N[C@H](C(=O)N[C@@H](Cc1ccc(-c2ccccn2)cc1)C[C@H](O)[C@H](Cc1ccccc1)NC(=O)c1cccc(O)c1C)C(C)(C)C. The Balaban J connectivity index is 1.63. The topological polar surface area (TPSA) is 150 Å². The van der Waals surface area contributed by atoms with Gasteiger partial charge in [-0.15, -0.1) is 0 Å². The number of aliphatic hydroxyl groups is 1. The normalized spacial score (nSPS) is 13.8. The highest BCUT2D eigenvalue weighted by molar-refractivity contribution is 5.96. The van der Waals surface area contributed by atoms with Gasteiger partial charge in [-0.1, -0.05) is 87.5 Å². The van der Waals surface area contributed by atoms with E-state index in [0.717, 1.165) is 22.4 Å². The summed E-state index contributed by atoms with van der Waals surface area (Å²) in [6.45, 7) is 7.16. The smallest absolute Gasteiger partial charge is 0.407 e. The summed E-state index contributed by atoms with van der Waals surface area (Å²) in [4.78, 5) is 43.9. The summed E-state index contributed by atoms with van der Waals surface area (Å²) in [6, 6.07) is 25.5. The van der Waals surface area contributed by atoms with Gasteiger partial charge < -0.3 is 30.9 Å². The van der Waals surface area contributed by atoms with Crippen molar-refractivity contribution in [3.63, 3.8) is 0 Å². The Hall–Kier alpha value is -5.22. The number of phenols is 1. The first-order valence-corrected chi connectivity index (χ1v) is 16.3. The van der Waals surface area contributed by atoms with E-state index < -0.39 is 47.6 Å². The van der Waals surface area contributed by atoms with Gasteiger partial charge in [0.1, 0.15) is 11.8 Å². The van der Waals surface area contributed by atoms with Crippen molar-refractivity contribution in [3.05, 3.63) is 119 Å². The minimum Gasteiger partial charge on any atom is -0.508 e. The zero-order valence-corrected chi connectivity index (χ0v) is 28.6. The molecule has 49 heavy (non-hydrogen) atoms. The fourth-order valence-corrected chi connectivity index (χ4v) is 5.68. The summed E-state index contributed by atoms with van der Waals surface area (Å²) in [6.07, 6.45) is 0.666. The molecule has 0 saturated heterocycles. The number of ether oxygens (including phenoxy) is 1. The molecule has 0 bridgehead atoms. The number of nitrogens with one attached hydrogen (secondary N) is 3. The van der Waals surface area contributed by atoms with Crippen LogP contribution in [0.4, 0.5) is 4.79 Å². The highest BCUT2D eigenvalue weighted by Gasteiger charge is 2.35. The van der Waals surface area contributed by atoms with Gasteiger partial charge in [0.2, 0.25) is 5.91 Å². The molecule has 0 spiro atoms. The van der Waals surface area contributed by atoms with Gasteiger partial charge >= 0.3 is 6.09 Å². The maximum atomic E-state index is 13.8. The first-order valence-electron chi connectivity index (χ1n) is 16.3. The van der Waals surface area contributed by atoms with Gasteiger partial charge in [0.15, 0.2) is 0 Å². The van der Waals surface area contributed by atoms with E-state index in [4.69, 9.17) is 4.74 Å². The molecule has 0 saturated carbocycles. The molecule has 3 amide bonds. The average molecular weight is 667 g/mol. The number of carbonyl (C=O) groups is 3. The molecule has 0 aliphatic carbocycles. The molecule has 3 aromatic carbocycles. The monoisotopic (exact) mass is 666 g/mol. The lowest BCUT2D eigenvalue weighted by Gasteiger charge is -2.33. The number of alkyl carbamates (subject to hydrolysis) is 1. The predicted molar refractivity (Wildman–Crippen MR) is 189 cm³/mol. The fourth-order valence-electron chi connectivity index (χ4n) is 5.68. The van der Waals surface area contributed by atoms with Crippen molar-refractivity contribution < 1.29 is 29.3 Å². The zero-order valence-electron chi connectivity index (χ0n) is 28.6. The summed E-state index contributed by atoms with van der Waals surface area (Å²) < 4.78 is 4.79. The van der Waals surface area contributed by atoms with Crippen molar-refractivity contribution in [3.8, 4) is 17.0 Å². The number of rotatable bonds is 13. The lowest BCUT2D eigenvalue weighted by molar-refractivity contribution is -0.126. The van der Waals surface area contributed by atoms with Crippen LogP contribution < -0.4 is 16.0 Å². The number of phenolic OH excluding ortho intramolecular Hbond substituents is 1. The predicted octanol–water partition coefficient (Wildman–Crippen LogP) is 5.35. The second-order valence-electron chi connectivity index (χ2n) is 13.3. The molecule has 1 heterocycles. The van der Waals surface area contributed by atoms with Crippen LogP contribution in [-0.2, 0) is 22.4 Å². The largest absolute Gasteiger partial charge is 0.508 e. The summed E-state index contributed by atoms with van der Waals surface area (Å²) in [7, 11) is 1.24. The minimum atomic E-state index is -1.10. The third kappa shape index (κ3) is 10.4. The second-order valence-corrected chi connectivity index (χ2v) is 13.3. The first-order chi connectivity index (χ1) is 23.3. The van der Waals surface area contributed by atoms with E-state index >= 15 is 0 Å². The van der Waals surface area contributed by atoms with E-state index in [1.807, 2.05) is 93.6 Å². The first kappa shape index (κ1) is 36.6. The van der Waals surface area contributed by atoms with E-state index in [0.29, 0.717) is 24.0 Å². The van der Waals surface area contributed by atoms with Crippen LogP contribution in [0, 0.1) is 12.3 Å². The van der Waals surface area contributed by atoms with Crippen molar-refractivity contribution in [1.29, 1.82) is 0 Å². The second kappa shape index (κ2) is 16.7. The van der Waals surface area contributed by atoms with E-state index in [9.17, 15) is 24.6 Å². The Morgan fingerprint density at radius 1 is 0.816 bits per heavy atom. The number of benzene rings is 3. The number of aromatic hydroxyl groups is 1. The average Bonchev–Trinajstić information content (AvgIpc) is 3.08. The lowest BCUT2D eigenvalue weighted by Crippen LogP contribution is -2.56. The molecule has 0 aliphatic heterocycles. The molecule has 1 aromatic heterocycles. The summed E-state index contributed by atoms with van der Waals surface area (Å²) in [5.41, 5.74) is 3.65. The number of hydrogen-bond acceptors (Lipinski definition) is 7.